The van der Waals surface area contributed by atoms with Crippen LogP contribution >= 0.6 is 12.2 Å². The molecule has 0 aliphatic carbocycles. The molecule has 35 heavy (non-hydrogen) atoms. The number of amides is 2. The molecule has 1 fully saturated rings. The molecule has 0 N–H and O–H groups in total. The Bertz CT molecular complexity index is 1400. The molecule has 1 aromatic heterocycles. The molecule has 1 saturated heterocycles. The molecule has 2 heterocycles. The summed E-state index contributed by atoms with van der Waals surface area (Å²) in [6.45, 7) is 3.79. The Balaban J connectivity index is 1.66. The lowest BCUT2D eigenvalue weighted by atomic mass is 10.0. The van der Waals surface area contributed by atoms with Crippen LogP contribution in [-0.2, 0) is 9.59 Å². The van der Waals surface area contributed by atoms with Gasteiger partial charge in [0.15, 0.2) is 5.11 Å². The van der Waals surface area contributed by atoms with E-state index in [1.54, 1.807) is 30.3 Å². The number of carbonyl (C=O) groups excluding carboxylic acids is 2. The minimum atomic E-state index is -0.468. The van der Waals surface area contributed by atoms with Gasteiger partial charge in [-0.05, 0) is 68.5 Å². The predicted octanol–water partition coefficient (Wildman–Crippen LogP) is 5.24. The first-order chi connectivity index (χ1) is 17.0. The van der Waals surface area contributed by atoms with Crippen molar-refractivity contribution < 1.29 is 9.59 Å². The van der Waals surface area contributed by atoms with Gasteiger partial charge in [0, 0.05) is 11.3 Å². The molecule has 4 aromatic rings. The number of hydrogen-bond acceptors (Lipinski definition) is 4. The van der Waals surface area contributed by atoms with E-state index < -0.39 is 11.8 Å². The SMILES string of the molecule is Cc1nn(-c2ccccc2)c(C)c1C=C1C(=O)N(c2ccccc2)C(=S)N(c2ccccc2)C1=O. The Morgan fingerprint density at radius 2 is 1.11 bits per heavy atom. The molecule has 1 aliphatic rings. The van der Waals surface area contributed by atoms with Gasteiger partial charge in [-0.3, -0.25) is 19.4 Å². The Kier molecular flexibility index (Phi) is 5.84. The summed E-state index contributed by atoms with van der Waals surface area (Å²) in [4.78, 5) is 30.3. The second-order valence-corrected chi connectivity index (χ2v) is 8.49. The fraction of sp³-hybridized carbons (Fsp3) is 0.0714. The Morgan fingerprint density at radius 1 is 0.686 bits per heavy atom. The summed E-state index contributed by atoms with van der Waals surface area (Å²) in [6, 6.07) is 28.0. The first-order valence-electron chi connectivity index (χ1n) is 11.1. The number of hydrogen-bond donors (Lipinski definition) is 0. The maximum atomic E-state index is 13.7. The number of rotatable bonds is 4. The summed E-state index contributed by atoms with van der Waals surface area (Å²) in [6.07, 6.45) is 1.63. The van der Waals surface area contributed by atoms with Gasteiger partial charge in [0.2, 0.25) is 0 Å². The number of para-hydroxylation sites is 3. The molecule has 0 unspecified atom stereocenters. The molecule has 172 valence electrons. The number of aryl methyl sites for hydroxylation is 1. The van der Waals surface area contributed by atoms with Crippen molar-refractivity contribution in [1.29, 1.82) is 0 Å². The van der Waals surface area contributed by atoms with Crippen molar-refractivity contribution in [2.45, 2.75) is 13.8 Å². The van der Waals surface area contributed by atoms with Gasteiger partial charge < -0.3 is 0 Å². The van der Waals surface area contributed by atoms with Crippen molar-refractivity contribution >= 4 is 46.6 Å². The van der Waals surface area contributed by atoms with Crippen LogP contribution < -0.4 is 9.80 Å². The zero-order valence-electron chi connectivity index (χ0n) is 19.3. The average Bonchev–Trinajstić information content (AvgIpc) is 3.16. The van der Waals surface area contributed by atoms with Crippen LogP contribution in [-0.4, -0.2) is 26.7 Å². The quantitative estimate of drug-likeness (QED) is 0.229. The second-order valence-electron chi connectivity index (χ2n) is 8.12. The van der Waals surface area contributed by atoms with Crippen molar-refractivity contribution in [3.05, 3.63) is 114 Å². The number of nitrogens with zero attached hydrogens (tertiary/aromatic N) is 4. The van der Waals surface area contributed by atoms with Gasteiger partial charge in [0.1, 0.15) is 5.57 Å². The number of thiocarbonyl (C=S) groups is 1. The Labute approximate surface area is 208 Å². The topological polar surface area (TPSA) is 58.4 Å². The third-order valence-electron chi connectivity index (χ3n) is 5.92. The monoisotopic (exact) mass is 478 g/mol. The molecule has 1 aliphatic heterocycles. The van der Waals surface area contributed by atoms with Crippen LogP contribution in [0.15, 0.2) is 96.6 Å². The van der Waals surface area contributed by atoms with E-state index in [1.165, 1.54) is 9.80 Å². The highest BCUT2D eigenvalue weighted by Crippen LogP contribution is 2.31. The fourth-order valence-corrected chi connectivity index (χ4v) is 4.54. The maximum absolute atomic E-state index is 13.7. The molecule has 0 spiro atoms. The van der Waals surface area contributed by atoms with E-state index in [9.17, 15) is 9.59 Å². The van der Waals surface area contributed by atoms with E-state index in [0.717, 1.165) is 16.9 Å². The highest BCUT2D eigenvalue weighted by atomic mass is 32.1. The number of carbonyl (C=O) groups is 2. The minimum Gasteiger partial charge on any atom is -0.268 e. The summed E-state index contributed by atoms with van der Waals surface area (Å²) in [5, 5.41) is 4.78. The van der Waals surface area contributed by atoms with E-state index in [0.29, 0.717) is 17.1 Å². The summed E-state index contributed by atoms with van der Waals surface area (Å²) in [7, 11) is 0. The highest BCUT2D eigenvalue weighted by Gasteiger charge is 2.41. The molecule has 3 aromatic carbocycles. The highest BCUT2D eigenvalue weighted by molar-refractivity contribution is 7.81. The summed E-state index contributed by atoms with van der Waals surface area (Å²) in [5.74, 6) is -0.936. The Hall–Kier alpha value is -4.36. The van der Waals surface area contributed by atoms with Gasteiger partial charge in [0.05, 0.1) is 22.8 Å². The Morgan fingerprint density at radius 3 is 1.57 bits per heavy atom. The zero-order valence-corrected chi connectivity index (χ0v) is 20.1. The number of anilines is 2. The molecule has 7 heteroatoms. The fourth-order valence-electron chi connectivity index (χ4n) is 4.17. The van der Waals surface area contributed by atoms with Gasteiger partial charge >= 0.3 is 0 Å². The van der Waals surface area contributed by atoms with Crippen molar-refractivity contribution in [1.82, 2.24) is 9.78 Å². The van der Waals surface area contributed by atoms with Crippen LogP contribution in [0.1, 0.15) is 17.0 Å². The number of benzene rings is 3. The number of aromatic nitrogens is 2. The van der Waals surface area contributed by atoms with E-state index >= 15 is 0 Å². The van der Waals surface area contributed by atoms with Crippen molar-refractivity contribution in [3.8, 4) is 5.69 Å². The summed E-state index contributed by atoms with van der Waals surface area (Å²) >= 11 is 5.67. The van der Waals surface area contributed by atoms with Crippen molar-refractivity contribution in [3.63, 3.8) is 0 Å². The molecule has 5 rings (SSSR count). The van der Waals surface area contributed by atoms with E-state index in [4.69, 9.17) is 12.2 Å². The summed E-state index contributed by atoms with van der Waals surface area (Å²) < 4.78 is 1.81. The molecule has 2 amide bonds. The summed E-state index contributed by atoms with van der Waals surface area (Å²) in [5.41, 5.74) is 4.37. The first-order valence-corrected chi connectivity index (χ1v) is 11.5. The average molecular weight is 479 g/mol. The van der Waals surface area contributed by atoms with E-state index in [2.05, 4.69) is 5.10 Å². The van der Waals surface area contributed by atoms with Crippen LogP contribution in [0.5, 0.6) is 0 Å². The van der Waals surface area contributed by atoms with Crippen molar-refractivity contribution in [2.75, 3.05) is 9.80 Å². The van der Waals surface area contributed by atoms with Gasteiger partial charge in [-0.15, -0.1) is 0 Å². The van der Waals surface area contributed by atoms with Crippen molar-refractivity contribution in [2.24, 2.45) is 0 Å². The molecular weight excluding hydrogens is 456 g/mol. The van der Waals surface area contributed by atoms with Gasteiger partial charge in [-0.1, -0.05) is 54.6 Å². The van der Waals surface area contributed by atoms with E-state index in [1.807, 2.05) is 85.3 Å². The molecule has 0 bridgehead atoms. The van der Waals surface area contributed by atoms with Crippen LogP contribution in [0.2, 0.25) is 0 Å². The van der Waals surface area contributed by atoms with Crippen LogP contribution in [0, 0.1) is 13.8 Å². The first kappa shape index (κ1) is 22.4. The molecule has 0 atom stereocenters. The third kappa shape index (κ3) is 3.96. The predicted molar refractivity (Wildman–Crippen MR) is 141 cm³/mol. The van der Waals surface area contributed by atoms with Crippen LogP contribution in [0.3, 0.4) is 0 Å². The molecule has 6 nitrogen and oxygen atoms in total. The van der Waals surface area contributed by atoms with Crippen LogP contribution in [0.25, 0.3) is 11.8 Å². The lowest BCUT2D eigenvalue weighted by Gasteiger charge is -2.36. The third-order valence-corrected chi connectivity index (χ3v) is 6.28. The largest absolute Gasteiger partial charge is 0.270 e. The molecule has 0 radical (unpaired) electrons. The normalized spacial score (nSPS) is 14.0. The zero-order chi connectivity index (χ0) is 24.5. The van der Waals surface area contributed by atoms with Gasteiger partial charge in [-0.2, -0.15) is 5.10 Å². The molecular formula is C28H22N4O2S. The lowest BCUT2D eigenvalue weighted by molar-refractivity contribution is -0.120. The second kappa shape index (κ2) is 9.12. The lowest BCUT2D eigenvalue weighted by Crippen LogP contribution is -2.56. The molecule has 0 saturated carbocycles. The standard InChI is InChI=1S/C28H22N4O2S/c1-19-24(20(2)32(29-19)23-16-10-5-11-17-23)18-25-26(33)30(21-12-6-3-7-13-21)28(35)31(27(25)34)22-14-8-4-9-15-22/h3-18H,1-2H3. The smallest absolute Gasteiger partial charge is 0.268 e. The van der Waals surface area contributed by atoms with Gasteiger partial charge in [0.25, 0.3) is 11.8 Å². The van der Waals surface area contributed by atoms with Gasteiger partial charge in [-0.25, -0.2) is 4.68 Å². The minimum absolute atomic E-state index is 0.0186. The van der Waals surface area contributed by atoms with E-state index in [-0.39, 0.29) is 10.7 Å². The maximum Gasteiger partial charge on any atom is 0.270 e. The van der Waals surface area contributed by atoms with Crippen LogP contribution in [0.4, 0.5) is 11.4 Å².